The first kappa shape index (κ1) is 51.5. The summed E-state index contributed by atoms with van der Waals surface area (Å²) in [4.78, 5) is 34.3. The third-order valence-electron chi connectivity index (χ3n) is 14.0. The lowest BCUT2D eigenvalue weighted by atomic mass is 9.55. The third kappa shape index (κ3) is 11.9. The number of nitrogens with zero attached hydrogens (tertiary/aromatic N) is 3. The first-order chi connectivity index (χ1) is 35.3. The van der Waals surface area contributed by atoms with E-state index in [0.29, 0.717) is 48.8 Å². The average molecular weight is 980 g/mol. The summed E-state index contributed by atoms with van der Waals surface area (Å²) in [5.41, 5.74) is 4.88. The van der Waals surface area contributed by atoms with Crippen LogP contribution in [0.5, 0.6) is 11.5 Å². The molecule has 1 amide bonds. The van der Waals surface area contributed by atoms with Crippen LogP contribution in [0.15, 0.2) is 157 Å². The van der Waals surface area contributed by atoms with Crippen LogP contribution in [0.25, 0.3) is 10.8 Å². The standard InChI is InChI=1S/C58H65N3O11/c1-3-31-68-47-27-28-53-51(36-47)55-49(22-11-13-30-63)44(18-10-12-29-62)35-50-52(59-71-40-42-23-25-46(26-24-42)61(65)66)37-54(58(72-53,56(50)55)70-32-4-2)60(38-45-20-14-19-43-17-8-9-21-48(43)45)57(64)69-34-33-67-39-41-15-6-5-7-16-41/h3-9,14-17,19-21,23-28,35-36,44,49,54-56,62-63H,1-2,10-13,18,22,29-34,37-40H2. The summed E-state index contributed by atoms with van der Waals surface area (Å²) < 4.78 is 33.0. The molecular formula is C58H65N3O11. The second-order valence-corrected chi connectivity index (χ2v) is 18.5. The second-order valence-electron chi connectivity index (χ2n) is 18.5. The highest BCUT2D eigenvalue weighted by Crippen LogP contribution is 2.62. The van der Waals surface area contributed by atoms with Gasteiger partial charge in [-0.1, -0.05) is 116 Å². The number of amides is 1. The summed E-state index contributed by atoms with van der Waals surface area (Å²) in [5, 5.41) is 38.5. The molecule has 0 spiro atoms. The van der Waals surface area contributed by atoms with Crippen molar-refractivity contribution in [3.8, 4) is 11.5 Å². The number of hydrogen-bond donors (Lipinski definition) is 2. The molecule has 0 radical (unpaired) electrons. The Labute approximate surface area is 421 Å². The smallest absolute Gasteiger partial charge is 0.410 e. The maximum Gasteiger partial charge on any atom is 0.410 e. The zero-order valence-corrected chi connectivity index (χ0v) is 40.7. The van der Waals surface area contributed by atoms with E-state index in [1.54, 1.807) is 29.2 Å². The van der Waals surface area contributed by atoms with Gasteiger partial charge in [0.05, 0.1) is 42.9 Å². The molecule has 2 aliphatic carbocycles. The fourth-order valence-electron chi connectivity index (χ4n) is 10.7. The molecule has 72 heavy (non-hydrogen) atoms. The fraction of sp³-hybridized carbons (Fsp3) is 0.379. The summed E-state index contributed by atoms with van der Waals surface area (Å²) in [6.07, 6.45) is 9.47. The number of benzene rings is 5. The number of carbonyl (C=O) groups is 1. The van der Waals surface area contributed by atoms with Gasteiger partial charge in [-0.2, -0.15) is 0 Å². The number of nitro benzene ring substituents is 1. The normalized spacial score (nSPS) is 21.4. The number of aliphatic hydroxyl groups is 2. The number of unbranched alkanes of at least 4 members (excludes halogenated alkanes) is 2. The highest BCUT2D eigenvalue weighted by atomic mass is 16.7. The minimum absolute atomic E-state index is 0.00337. The van der Waals surface area contributed by atoms with E-state index in [9.17, 15) is 20.3 Å². The number of non-ortho nitro benzene ring substituents is 1. The number of hydrogen-bond acceptors (Lipinski definition) is 12. The van der Waals surface area contributed by atoms with Crippen molar-refractivity contribution >= 4 is 28.3 Å². The molecule has 14 nitrogen and oxygen atoms in total. The summed E-state index contributed by atoms with van der Waals surface area (Å²) in [6.45, 7) is 9.04. The van der Waals surface area contributed by atoms with Crippen LogP contribution in [0.2, 0.25) is 0 Å². The minimum Gasteiger partial charge on any atom is -0.490 e. The van der Waals surface area contributed by atoms with Gasteiger partial charge in [0.25, 0.3) is 5.69 Å². The van der Waals surface area contributed by atoms with Crippen molar-refractivity contribution in [2.45, 2.75) is 82.5 Å². The Kier molecular flexibility index (Phi) is 17.9. The molecular weight excluding hydrogens is 915 g/mol. The van der Waals surface area contributed by atoms with Gasteiger partial charge in [0.1, 0.15) is 37.4 Å². The molecule has 0 bridgehead atoms. The number of oxime groups is 1. The Bertz CT molecular complexity index is 2690. The Balaban J connectivity index is 1.29. The molecule has 6 atom stereocenters. The van der Waals surface area contributed by atoms with Crippen LogP contribution in [-0.2, 0) is 38.8 Å². The summed E-state index contributed by atoms with van der Waals surface area (Å²) in [6, 6.07) is 35.0. The van der Waals surface area contributed by atoms with Gasteiger partial charge < -0.3 is 38.7 Å². The van der Waals surface area contributed by atoms with Gasteiger partial charge in [-0.3, -0.25) is 15.0 Å². The predicted molar refractivity (Wildman–Crippen MR) is 275 cm³/mol. The first-order valence-corrected chi connectivity index (χ1v) is 25.0. The van der Waals surface area contributed by atoms with Crippen molar-refractivity contribution in [2.24, 2.45) is 22.9 Å². The van der Waals surface area contributed by atoms with Crippen LogP contribution in [0.3, 0.4) is 0 Å². The van der Waals surface area contributed by atoms with E-state index < -0.39 is 28.8 Å². The van der Waals surface area contributed by atoms with E-state index >= 15 is 4.79 Å². The van der Waals surface area contributed by atoms with Crippen LogP contribution in [0.1, 0.15) is 73.1 Å². The minimum atomic E-state index is -1.56. The molecule has 5 aromatic carbocycles. The lowest BCUT2D eigenvalue weighted by molar-refractivity contribution is -0.384. The molecule has 0 saturated heterocycles. The van der Waals surface area contributed by atoms with E-state index in [1.807, 2.05) is 91.0 Å². The molecule has 2 N–H and O–H groups in total. The van der Waals surface area contributed by atoms with Crippen molar-refractivity contribution in [1.82, 2.24) is 4.90 Å². The lowest BCUT2D eigenvalue weighted by Gasteiger charge is -2.59. The Morgan fingerprint density at radius 2 is 1.58 bits per heavy atom. The molecule has 1 saturated carbocycles. The number of aliphatic hydroxyl groups excluding tert-OH is 2. The van der Waals surface area contributed by atoms with Gasteiger partial charge in [-0.05, 0) is 101 Å². The van der Waals surface area contributed by atoms with Crippen molar-refractivity contribution in [1.29, 1.82) is 0 Å². The van der Waals surface area contributed by atoms with E-state index in [2.05, 4.69) is 19.2 Å². The molecule has 14 heteroatoms. The molecule has 1 heterocycles. The van der Waals surface area contributed by atoms with Crippen molar-refractivity contribution in [2.75, 3.05) is 39.6 Å². The topological polar surface area (TPSA) is 172 Å². The highest BCUT2D eigenvalue weighted by Gasteiger charge is 2.65. The quantitative estimate of drug-likeness (QED) is 0.0234. The van der Waals surface area contributed by atoms with Crippen LogP contribution < -0.4 is 9.47 Å². The Morgan fingerprint density at radius 1 is 0.847 bits per heavy atom. The third-order valence-corrected chi connectivity index (χ3v) is 14.0. The Morgan fingerprint density at radius 3 is 2.35 bits per heavy atom. The molecule has 8 rings (SSSR count). The van der Waals surface area contributed by atoms with E-state index in [0.717, 1.165) is 58.7 Å². The monoisotopic (exact) mass is 979 g/mol. The lowest BCUT2D eigenvalue weighted by Crippen LogP contribution is -2.70. The fourth-order valence-corrected chi connectivity index (χ4v) is 10.7. The highest BCUT2D eigenvalue weighted by molar-refractivity contribution is 6.03. The average Bonchev–Trinajstić information content (AvgIpc) is 3.40. The van der Waals surface area contributed by atoms with E-state index in [1.165, 1.54) is 12.1 Å². The molecule has 5 aromatic rings. The molecule has 1 fully saturated rings. The number of nitro groups is 1. The van der Waals surface area contributed by atoms with Gasteiger partial charge in [-0.15, -0.1) is 6.58 Å². The summed E-state index contributed by atoms with van der Waals surface area (Å²) in [5.74, 6) is -1.25. The molecule has 378 valence electrons. The Hall–Kier alpha value is -6.84. The number of ether oxygens (including phenoxy) is 5. The van der Waals surface area contributed by atoms with Gasteiger partial charge in [0.15, 0.2) is 0 Å². The van der Waals surface area contributed by atoms with Crippen LogP contribution in [0, 0.1) is 27.9 Å². The summed E-state index contributed by atoms with van der Waals surface area (Å²) in [7, 11) is 0. The molecule has 6 unspecified atom stereocenters. The zero-order chi connectivity index (χ0) is 50.3. The van der Waals surface area contributed by atoms with Crippen molar-refractivity contribution in [3.05, 3.63) is 185 Å². The zero-order valence-electron chi connectivity index (χ0n) is 40.7. The maximum atomic E-state index is 15.3. The van der Waals surface area contributed by atoms with Crippen molar-refractivity contribution < 1.29 is 48.5 Å². The number of fused-ring (bicyclic) bond motifs is 3. The SMILES string of the molecule is C=CCOc1ccc2c(c1)C1C(CCCCO)C(CCCCO)C=C3C(=NOCc4ccc([N+](=O)[O-])cc4)CC(N(Cc4cccc5ccccc45)C(=O)OCCOCc4ccccc4)C(OCC=C)(O2)C31. The van der Waals surface area contributed by atoms with Crippen LogP contribution >= 0.6 is 0 Å². The van der Waals surface area contributed by atoms with Crippen LogP contribution in [-0.4, -0.2) is 83.3 Å². The van der Waals surface area contributed by atoms with Gasteiger partial charge >= 0.3 is 6.09 Å². The second kappa shape index (κ2) is 25.0. The molecule has 0 aromatic heterocycles. The summed E-state index contributed by atoms with van der Waals surface area (Å²) >= 11 is 0. The number of rotatable bonds is 26. The van der Waals surface area contributed by atoms with Gasteiger partial charge in [-0.25, -0.2) is 4.79 Å². The van der Waals surface area contributed by atoms with Gasteiger partial charge in [0, 0.05) is 43.2 Å². The predicted octanol–water partition coefficient (Wildman–Crippen LogP) is 11.0. The molecule has 1 aliphatic heterocycles. The van der Waals surface area contributed by atoms with E-state index in [4.69, 9.17) is 33.7 Å². The first-order valence-electron chi connectivity index (χ1n) is 25.0. The van der Waals surface area contributed by atoms with Crippen molar-refractivity contribution in [3.63, 3.8) is 0 Å². The van der Waals surface area contributed by atoms with Crippen LogP contribution in [0.4, 0.5) is 10.5 Å². The largest absolute Gasteiger partial charge is 0.490 e. The molecule has 3 aliphatic rings. The number of allylic oxidation sites excluding steroid dienone is 1. The van der Waals surface area contributed by atoms with E-state index in [-0.39, 0.29) is 76.0 Å². The number of carbonyl (C=O) groups excluding carboxylic acids is 1. The maximum absolute atomic E-state index is 15.3. The van der Waals surface area contributed by atoms with Gasteiger partial charge in [0.2, 0.25) is 5.79 Å².